The lowest BCUT2D eigenvalue weighted by atomic mass is 10.1. The van der Waals surface area contributed by atoms with Gasteiger partial charge in [0.05, 0.1) is 11.5 Å². The summed E-state index contributed by atoms with van der Waals surface area (Å²) in [7, 11) is 0. The van der Waals surface area contributed by atoms with Gasteiger partial charge >= 0.3 is 0 Å². The second-order valence-corrected chi connectivity index (χ2v) is 7.63. The molecule has 0 aromatic heterocycles. The lowest BCUT2D eigenvalue weighted by molar-refractivity contribution is -0.118. The summed E-state index contributed by atoms with van der Waals surface area (Å²) in [5.41, 5.74) is 8.15. The Balaban J connectivity index is 1.80. The van der Waals surface area contributed by atoms with E-state index in [1.54, 1.807) is 11.8 Å². The number of aryl methyl sites for hydroxylation is 2. The molecule has 5 heteroatoms. The molecule has 0 aliphatic heterocycles. The van der Waals surface area contributed by atoms with Gasteiger partial charge in [0.25, 0.3) is 0 Å². The first-order valence-electron chi connectivity index (χ1n) is 7.68. The first kappa shape index (κ1) is 18.7. The standard InChI is InChI=1S/C19H21BrN2OS/c1-13-8-14(2)10-16(9-13)11-24-12-19(23)22-21-15(3)17-4-6-18(20)7-5-17/h4-10H,11-12H2,1-3H3,(H,22,23)/b21-15-. The maximum absolute atomic E-state index is 11.9. The molecule has 0 bridgehead atoms. The first-order chi connectivity index (χ1) is 11.4. The van der Waals surface area contributed by atoms with Crippen molar-refractivity contribution >= 4 is 39.3 Å². The van der Waals surface area contributed by atoms with Crippen LogP contribution in [-0.2, 0) is 10.5 Å². The Bertz CT molecular complexity index is 721. The Morgan fingerprint density at radius 3 is 2.38 bits per heavy atom. The topological polar surface area (TPSA) is 41.5 Å². The van der Waals surface area contributed by atoms with Gasteiger partial charge in [-0.25, -0.2) is 5.43 Å². The van der Waals surface area contributed by atoms with Gasteiger partial charge in [0.15, 0.2) is 0 Å². The molecular formula is C19H21BrN2OS. The Hall–Kier alpha value is -1.59. The fourth-order valence-electron chi connectivity index (χ4n) is 2.35. The summed E-state index contributed by atoms with van der Waals surface area (Å²) in [6.45, 7) is 6.06. The average Bonchev–Trinajstić information content (AvgIpc) is 2.52. The number of carbonyl (C=O) groups is 1. The van der Waals surface area contributed by atoms with Crippen molar-refractivity contribution in [3.63, 3.8) is 0 Å². The Kier molecular flexibility index (Phi) is 7.06. The minimum absolute atomic E-state index is 0.0826. The van der Waals surface area contributed by atoms with Crippen LogP contribution in [0, 0.1) is 13.8 Å². The third-order valence-electron chi connectivity index (χ3n) is 3.39. The smallest absolute Gasteiger partial charge is 0.250 e. The number of thioether (sulfide) groups is 1. The summed E-state index contributed by atoms with van der Waals surface area (Å²) < 4.78 is 1.02. The van der Waals surface area contributed by atoms with E-state index in [-0.39, 0.29) is 5.91 Å². The van der Waals surface area contributed by atoms with Gasteiger partial charge in [-0.15, -0.1) is 11.8 Å². The van der Waals surface area contributed by atoms with E-state index < -0.39 is 0 Å². The van der Waals surface area contributed by atoms with Gasteiger partial charge in [0.1, 0.15) is 0 Å². The van der Waals surface area contributed by atoms with Crippen LogP contribution in [0.4, 0.5) is 0 Å². The second kappa shape index (κ2) is 9.04. The molecule has 2 aromatic carbocycles. The van der Waals surface area contributed by atoms with Gasteiger partial charge in [-0.1, -0.05) is 57.4 Å². The molecular weight excluding hydrogens is 384 g/mol. The molecule has 0 unspecified atom stereocenters. The molecule has 1 N–H and O–H groups in total. The van der Waals surface area contributed by atoms with E-state index in [2.05, 4.69) is 58.5 Å². The molecule has 0 spiro atoms. The molecule has 0 radical (unpaired) electrons. The zero-order valence-corrected chi connectivity index (χ0v) is 16.5. The predicted molar refractivity (Wildman–Crippen MR) is 107 cm³/mol. The summed E-state index contributed by atoms with van der Waals surface area (Å²) in [6.07, 6.45) is 0. The number of benzene rings is 2. The maximum Gasteiger partial charge on any atom is 0.250 e. The van der Waals surface area contributed by atoms with Crippen LogP contribution in [0.3, 0.4) is 0 Å². The molecule has 0 aliphatic rings. The third kappa shape index (κ3) is 6.13. The SMILES string of the molecule is C/C(=N/NC(=O)CSCc1cc(C)cc(C)c1)c1ccc(Br)cc1. The summed E-state index contributed by atoms with van der Waals surface area (Å²) in [5.74, 6) is 1.14. The van der Waals surface area contributed by atoms with Crippen LogP contribution in [0.15, 0.2) is 52.0 Å². The Morgan fingerprint density at radius 2 is 1.75 bits per heavy atom. The normalized spacial score (nSPS) is 11.4. The first-order valence-corrected chi connectivity index (χ1v) is 9.63. The Morgan fingerprint density at radius 1 is 1.12 bits per heavy atom. The molecule has 2 rings (SSSR count). The number of hydrogen-bond donors (Lipinski definition) is 1. The van der Waals surface area contributed by atoms with Crippen LogP contribution < -0.4 is 5.43 Å². The number of amides is 1. The van der Waals surface area contributed by atoms with Gasteiger partial charge in [-0.05, 0) is 44.0 Å². The highest BCUT2D eigenvalue weighted by Crippen LogP contribution is 2.15. The van der Waals surface area contributed by atoms with E-state index >= 15 is 0 Å². The molecule has 3 nitrogen and oxygen atoms in total. The molecule has 0 heterocycles. The summed E-state index contributed by atoms with van der Waals surface area (Å²) in [5, 5.41) is 4.17. The number of carbonyl (C=O) groups excluding carboxylic acids is 1. The highest BCUT2D eigenvalue weighted by Gasteiger charge is 2.03. The minimum atomic E-state index is -0.0826. The fourth-order valence-corrected chi connectivity index (χ4v) is 3.37. The van der Waals surface area contributed by atoms with Crippen LogP contribution >= 0.6 is 27.7 Å². The van der Waals surface area contributed by atoms with Crippen LogP contribution in [0.25, 0.3) is 0 Å². The fraction of sp³-hybridized carbons (Fsp3) is 0.263. The molecule has 24 heavy (non-hydrogen) atoms. The predicted octanol–water partition coefficient (Wildman–Crippen LogP) is 4.84. The average molecular weight is 405 g/mol. The van der Waals surface area contributed by atoms with E-state index in [1.807, 2.05) is 31.2 Å². The number of hydrazone groups is 1. The molecule has 0 saturated carbocycles. The number of halogens is 1. The highest BCUT2D eigenvalue weighted by atomic mass is 79.9. The molecule has 1 amide bonds. The lowest BCUT2D eigenvalue weighted by Crippen LogP contribution is -2.21. The van der Waals surface area contributed by atoms with Crippen molar-refractivity contribution in [1.29, 1.82) is 0 Å². The molecule has 126 valence electrons. The van der Waals surface area contributed by atoms with Crippen LogP contribution in [-0.4, -0.2) is 17.4 Å². The molecule has 0 aliphatic carbocycles. The van der Waals surface area contributed by atoms with Gasteiger partial charge in [-0.3, -0.25) is 4.79 Å². The third-order valence-corrected chi connectivity index (χ3v) is 4.93. The molecule has 0 fully saturated rings. The Labute approximate surface area is 156 Å². The van der Waals surface area contributed by atoms with E-state index in [9.17, 15) is 4.79 Å². The van der Waals surface area contributed by atoms with Crippen molar-refractivity contribution < 1.29 is 4.79 Å². The van der Waals surface area contributed by atoms with Crippen molar-refractivity contribution in [3.05, 3.63) is 69.2 Å². The molecule has 0 saturated heterocycles. The quantitative estimate of drug-likeness (QED) is 0.552. The van der Waals surface area contributed by atoms with Crippen LogP contribution in [0.2, 0.25) is 0 Å². The number of hydrogen-bond acceptors (Lipinski definition) is 3. The van der Waals surface area contributed by atoms with Crippen molar-refractivity contribution in [1.82, 2.24) is 5.43 Å². The highest BCUT2D eigenvalue weighted by molar-refractivity contribution is 9.10. The second-order valence-electron chi connectivity index (χ2n) is 5.73. The van der Waals surface area contributed by atoms with Crippen LogP contribution in [0.1, 0.15) is 29.2 Å². The van der Waals surface area contributed by atoms with Gasteiger partial charge < -0.3 is 0 Å². The van der Waals surface area contributed by atoms with Crippen LogP contribution in [0.5, 0.6) is 0 Å². The zero-order chi connectivity index (χ0) is 17.5. The number of nitrogens with one attached hydrogen (secondary N) is 1. The maximum atomic E-state index is 11.9. The van der Waals surface area contributed by atoms with Crippen molar-refractivity contribution in [3.8, 4) is 0 Å². The molecule has 2 aromatic rings. The number of nitrogens with zero attached hydrogens (tertiary/aromatic N) is 1. The zero-order valence-electron chi connectivity index (χ0n) is 14.1. The summed E-state index contributed by atoms with van der Waals surface area (Å²) >= 11 is 4.99. The van der Waals surface area contributed by atoms with E-state index in [1.165, 1.54) is 16.7 Å². The van der Waals surface area contributed by atoms with Gasteiger partial charge in [0.2, 0.25) is 5.91 Å². The number of rotatable bonds is 6. The van der Waals surface area contributed by atoms with Crippen molar-refractivity contribution in [2.45, 2.75) is 26.5 Å². The van der Waals surface area contributed by atoms with E-state index in [0.29, 0.717) is 5.75 Å². The molecule has 0 atom stereocenters. The van der Waals surface area contributed by atoms with Gasteiger partial charge in [-0.2, -0.15) is 5.10 Å². The van der Waals surface area contributed by atoms with Gasteiger partial charge in [0, 0.05) is 10.2 Å². The van der Waals surface area contributed by atoms with E-state index in [0.717, 1.165) is 21.5 Å². The lowest BCUT2D eigenvalue weighted by Gasteiger charge is -2.05. The van der Waals surface area contributed by atoms with Crippen molar-refractivity contribution in [2.24, 2.45) is 5.10 Å². The monoisotopic (exact) mass is 404 g/mol. The summed E-state index contributed by atoms with van der Waals surface area (Å²) in [4.78, 5) is 11.9. The largest absolute Gasteiger partial charge is 0.272 e. The summed E-state index contributed by atoms with van der Waals surface area (Å²) in [6, 6.07) is 14.3. The van der Waals surface area contributed by atoms with E-state index in [4.69, 9.17) is 0 Å². The van der Waals surface area contributed by atoms with Crippen molar-refractivity contribution in [2.75, 3.05) is 5.75 Å². The minimum Gasteiger partial charge on any atom is -0.272 e.